The first-order valence-corrected chi connectivity index (χ1v) is 11.5. The van der Waals surface area contributed by atoms with Gasteiger partial charge >= 0.3 is 0 Å². The van der Waals surface area contributed by atoms with E-state index in [2.05, 4.69) is 10.2 Å². The molecule has 0 aliphatic carbocycles. The van der Waals surface area contributed by atoms with Crippen molar-refractivity contribution >= 4 is 34.8 Å². The third-order valence-electron chi connectivity index (χ3n) is 8.33. The van der Waals surface area contributed by atoms with Gasteiger partial charge in [0.1, 0.15) is 5.54 Å². The van der Waals surface area contributed by atoms with E-state index in [1.54, 1.807) is 6.92 Å². The number of carbonyl (C=O) groups is 3. The SMILES string of the molecule is Cc1cc([N+](=O)[O-])ccc1N1C(=O)[C@@H]2[C@H]3CCCN3[C@]3(C(=O)Nc4c3ccc(C)c4C)[C@@H]2C1=O. The van der Waals surface area contributed by atoms with Crippen LogP contribution in [-0.2, 0) is 19.9 Å². The van der Waals surface area contributed by atoms with Crippen molar-refractivity contribution in [3.8, 4) is 0 Å². The molecule has 9 nitrogen and oxygen atoms in total. The van der Waals surface area contributed by atoms with Gasteiger partial charge in [0.05, 0.1) is 22.4 Å². The van der Waals surface area contributed by atoms with Crippen LogP contribution in [0.5, 0.6) is 0 Å². The Kier molecular flexibility index (Phi) is 4.15. The van der Waals surface area contributed by atoms with Crippen LogP contribution in [-0.4, -0.2) is 40.1 Å². The van der Waals surface area contributed by atoms with Gasteiger partial charge < -0.3 is 5.32 Å². The van der Waals surface area contributed by atoms with Crippen molar-refractivity contribution in [2.75, 3.05) is 16.8 Å². The lowest BCUT2D eigenvalue weighted by Crippen LogP contribution is -2.54. The van der Waals surface area contributed by atoms with Gasteiger partial charge in [0.25, 0.3) is 5.69 Å². The van der Waals surface area contributed by atoms with Gasteiger partial charge in [0.2, 0.25) is 17.7 Å². The lowest BCUT2D eigenvalue weighted by molar-refractivity contribution is -0.384. The molecule has 3 amide bonds. The lowest BCUT2D eigenvalue weighted by Gasteiger charge is -2.36. The number of anilines is 2. The topological polar surface area (TPSA) is 113 Å². The number of aryl methyl sites for hydroxylation is 2. The monoisotopic (exact) mass is 460 g/mol. The molecule has 0 aromatic heterocycles. The highest BCUT2D eigenvalue weighted by molar-refractivity contribution is 6.26. The molecule has 0 bridgehead atoms. The number of fused-ring (bicyclic) bond motifs is 7. The molecule has 4 aliphatic rings. The molecule has 3 fully saturated rings. The molecule has 0 unspecified atom stereocenters. The molecule has 4 atom stereocenters. The van der Waals surface area contributed by atoms with E-state index in [4.69, 9.17) is 0 Å². The summed E-state index contributed by atoms with van der Waals surface area (Å²) in [5, 5.41) is 14.2. The molecule has 9 heteroatoms. The van der Waals surface area contributed by atoms with E-state index < -0.39 is 28.2 Å². The summed E-state index contributed by atoms with van der Waals surface area (Å²) < 4.78 is 0. The molecule has 174 valence electrons. The highest BCUT2D eigenvalue weighted by Crippen LogP contribution is 2.61. The molecule has 2 aromatic rings. The average Bonchev–Trinajstić information content (AvgIpc) is 3.50. The van der Waals surface area contributed by atoms with E-state index in [1.165, 1.54) is 18.2 Å². The fourth-order valence-corrected chi connectivity index (χ4v) is 6.76. The number of benzene rings is 2. The summed E-state index contributed by atoms with van der Waals surface area (Å²) in [5.74, 6) is -2.47. The Morgan fingerprint density at radius 3 is 2.53 bits per heavy atom. The van der Waals surface area contributed by atoms with E-state index in [0.717, 1.165) is 40.1 Å². The van der Waals surface area contributed by atoms with Gasteiger partial charge in [0, 0.05) is 29.4 Å². The summed E-state index contributed by atoms with van der Waals surface area (Å²) in [6.07, 6.45) is 1.59. The van der Waals surface area contributed by atoms with Crippen molar-refractivity contribution in [2.45, 2.75) is 45.2 Å². The minimum Gasteiger partial charge on any atom is -0.324 e. The van der Waals surface area contributed by atoms with E-state index in [0.29, 0.717) is 17.8 Å². The molecule has 6 rings (SSSR count). The minimum atomic E-state index is -1.23. The zero-order chi connectivity index (χ0) is 24.1. The minimum absolute atomic E-state index is 0.103. The van der Waals surface area contributed by atoms with Crippen LogP contribution in [0, 0.1) is 42.7 Å². The van der Waals surface area contributed by atoms with Crippen molar-refractivity contribution in [3.05, 3.63) is 62.7 Å². The number of amides is 3. The Morgan fingerprint density at radius 1 is 1.06 bits per heavy atom. The predicted molar refractivity (Wildman–Crippen MR) is 123 cm³/mol. The molecule has 2 aromatic carbocycles. The standard InChI is InChI=1S/C25H24N4O5/c1-12-6-8-16-21(14(12)3)26-24(32)25(16)20-19(18-5-4-10-27(18)25)22(30)28(23(20)31)17-9-7-15(29(33)34)11-13(17)2/h6-9,11,18-20H,4-5,10H2,1-3H3,(H,26,32)/t18-,19-,20+,25+/m1/s1. The van der Waals surface area contributed by atoms with Crippen molar-refractivity contribution < 1.29 is 19.3 Å². The van der Waals surface area contributed by atoms with Crippen LogP contribution in [0.1, 0.15) is 35.1 Å². The third kappa shape index (κ3) is 2.30. The molecule has 34 heavy (non-hydrogen) atoms. The summed E-state index contributed by atoms with van der Waals surface area (Å²) in [7, 11) is 0. The van der Waals surface area contributed by atoms with Gasteiger partial charge in [-0.05, 0) is 62.9 Å². The Hall–Kier alpha value is -3.59. The lowest BCUT2D eigenvalue weighted by atomic mass is 9.75. The van der Waals surface area contributed by atoms with Crippen LogP contribution in [0.4, 0.5) is 17.1 Å². The van der Waals surface area contributed by atoms with Crippen LogP contribution in [0.15, 0.2) is 30.3 Å². The van der Waals surface area contributed by atoms with Crippen molar-refractivity contribution in [3.63, 3.8) is 0 Å². The first kappa shape index (κ1) is 21.0. The first-order chi connectivity index (χ1) is 16.2. The summed E-state index contributed by atoms with van der Waals surface area (Å²) in [6, 6.07) is 7.81. The third-order valence-corrected chi connectivity index (χ3v) is 8.33. The van der Waals surface area contributed by atoms with E-state index >= 15 is 0 Å². The molecule has 0 saturated carbocycles. The fraction of sp³-hybridized carbons (Fsp3) is 0.400. The van der Waals surface area contributed by atoms with Gasteiger partial charge in [0.15, 0.2) is 0 Å². The van der Waals surface area contributed by atoms with Crippen LogP contribution in [0.3, 0.4) is 0 Å². The molecule has 4 aliphatic heterocycles. The van der Waals surface area contributed by atoms with Gasteiger partial charge in [-0.3, -0.25) is 29.4 Å². The molecule has 0 radical (unpaired) electrons. The highest BCUT2D eigenvalue weighted by atomic mass is 16.6. The van der Waals surface area contributed by atoms with E-state index in [9.17, 15) is 24.5 Å². The zero-order valence-corrected chi connectivity index (χ0v) is 19.1. The number of nitrogens with zero attached hydrogens (tertiary/aromatic N) is 3. The quantitative estimate of drug-likeness (QED) is 0.419. The Labute approximate surface area is 195 Å². The number of hydrogen-bond acceptors (Lipinski definition) is 6. The molecule has 3 saturated heterocycles. The van der Waals surface area contributed by atoms with Crippen LogP contribution in [0.25, 0.3) is 0 Å². The molecular formula is C25H24N4O5. The summed E-state index contributed by atoms with van der Waals surface area (Å²) in [6.45, 7) is 6.23. The number of nitrogens with one attached hydrogen (secondary N) is 1. The number of hydrogen-bond donors (Lipinski definition) is 1. The number of rotatable bonds is 2. The molecule has 1 spiro atoms. The number of non-ortho nitro benzene ring substituents is 1. The molecule has 1 N–H and O–H groups in total. The van der Waals surface area contributed by atoms with Gasteiger partial charge in [-0.2, -0.15) is 0 Å². The number of carbonyl (C=O) groups excluding carboxylic acids is 3. The highest BCUT2D eigenvalue weighted by Gasteiger charge is 2.74. The summed E-state index contributed by atoms with van der Waals surface area (Å²) in [5.41, 5.74) is 2.99. The van der Waals surface area contributed by atoms with Gasteiger partial charge in [-0.1, -0.05) is 12.1 Å². The predicted octanol–water partition coefficient (Wildman–Crippen LogP) is 2.95. The average molecular weight is 460 g/mol. The van der Waals surface area contributed by atoms with Crippen LogP contribution in [0.2, 0.25) is 0 Å². The number of nitro benzene ring substituents is 1. The first-order valence-electron chi connectivity index (χ1n) is 11.5. The number of imide groups is 1. The normalized spacial score (nSPS) is 29.6. The van der Waals surface area contributed by atoms with Crippen molar-refractivity contribution in [2.24, 2.45) is 11.8 Å². The second-order valence-corrected chi connectivity index (χ2v) is 9.80. The van der Waals surface area contributed by atoms with Gasteiger partial charge in [-0.15, -0.1) is 0 Å². The molecule has 4 heterocycles. The fourth-order valence-electron chi connectivity index (χ4n) is 6.76. The number of nitro groups is 1. The van der Waals surface area contributed by atoms with Gasteiger partial charge in [-0.25, -0.2) is 4.90 Å². The van der Waals surface area contributed by atoms with Crippen molar-refractivity contribution in [1.82, 2.24) is 4.90 Å². The molecular weight excluding hydrogens is 436 g/mol. The Morgan fingerprint density at radius 2 is 1.82 bits per heavy atom. The van der Waals surface area contributed by atoms with E-state index in [-0.39, 0.29) is 23.5 Å². The maximum Gasteiger partial charge on any atom is 0.269 e. The van der Waals surface area contributed by atoms with E-state index in [1.807, 2.05) is 26.0 Å². The zero-order valence-electron chi connectivity index (χ0n) is 19.1. The second kappa shape index (κ2) is 6.73. The summed E-state index contributed by atoms with van der Waals surface area (Å²) >= 11 is 0. The largest absolute Gasteiger partial charge is 0.324 e. The maximum atomic E-state index is 14.0. The Bertz CT molecular complexity index is 1340. The van der Waals surface area contributed by atoms with Crippen LogP contribution >= 0.6 is 0 Å². The maximum absolute atomic E-state index is 14.0. The smallest absolute Gasteiger partial charge is 0.269 e. The van der Waals surface area contributed by atoms with Crippen molar-refractivity contribution in [1.29, 1.82) is 0 Å². The summed E-state index contributed by atoms with van der Waals surface area (Å²) in [4.78, 5) is 55.5. The van der Waals surface area contributed by atoms with Crippen LogP contribution < -0.4 is 10.2 Å². The Balaban J connectivity index is 1.54. The second-order valence-electron chi connectivity index (χ2n) is 9.80.